The van der Waals surface area contributed by atoms with Crippen molar-refractivity contribution in [3.8, 4) is 0 Å². The van der Waals surface area contributed by atoms with Crippen LogP contribution in [0.1, 0.15) is 33.1 Å². The van der Waals surface area contributed by atoms with E-state index in [2.05, 4.69) is 32.6 Å². The normalized spacial score (nSPS) is 32.0. The molecule has 1 aliphatic carbocycles. The quantitative estimate of drug-likeness (QED) is 0.501. The number of allylic oxidation sites excluding steroid dienone is 3. The van der Waals surface area contributed by atoms with E-state index in [0.717, 1.165) is 5.92 Å². The molecule has 11 heavy (non-hydrogen) atoms. The highest BCUT2D eigenvalue weighted by atomic mass is 14.2. The molecule has 0 radical (unpaired) electrons. The van der Waals surface area contributed by atoms with E-state index in [1.807, 2.05) is 0 Å². The van der Waals surface area contributed by atoms with Crippen molar-refractivity contribution >= 4 is 0 Å². The highest BCUT2D eigenvalue weighted by Crippen LogP contribution is 2.26. The third-order valence-electron chi connectivity index (χ3n) is 2.56. The highest BCUT2D eigenvalue weighted by Gasteiger charge is 2.11. The van der Waals surface area contributed by atoms with Crippen LogP contribution >= 0.6 is 0 Å². The summed E-state index contributed by atoms with van der Waals surface area (Å²) in [7, 11) is 0. The van der Waals surface area contributed by atoms with Crippen LogP contribution in [-0.4, -0.2) is 0 Å². The molecule has 0 saturated carbocycles. The lowest BCUT2D eigenvalue weighted by Gasteiger charge is -2.10. The molecule has 0 aromatic carbocycles. The van der Waals surface area contributed by atoms with E-state index < -0.39 is 0 Å². The van der Waals surface area contributed by atoms with Crippen molar-refractivity contribution in [2.75, 3.05) is 0 Å². The van der Waals surface area contributed by atoms with Crippen molar-refractivity contribution in [1.82, 2.24) is 0 Å². The Kier molecular flexibility index (Phi) is 2.92. The lowest BCUT2D eigenvalue weighted by atomic mass is 9.96. The lowest BCUT2D eigenvalue weighted by molar-refractivity contribution is 0.631. The Bertz CT molecular complexity index is 165. The molecule has 0 bridgehead atoms. The first kappa shape index (κ1) is 8.58. The van der Waals surface area contributed by atoms with Crippen LogP contribution in [0.4, 0.5) is 0 Å². The minimum Gasteiger partial charge on any atom is -0.0993 e. The molecular weight excluding hydrogens is 132 g/mol. The smallest absolute Gasteiger partial charge is 0.00285 e. The fourth-order valence-corrected chi connectivity index (χ4v) is 1.58. The van der Waals surface area contributed by atoms with Gasteiger partial charge < -0.3 is 0 Å². The van der Waals surface area contributed by atoms with Crippen LogP contribution in [0.5, 0.6) is 0 Å². The molecule has 0 amide bonds. The zero-order valence-electron chi connectivity index (χ0n) is 7.64. The number of hydrogen-bond donors (Lipinski definition) is 0. The van der Waals surface area contributed by atoms with Crippen molar-refractivity contribution in [3.05, 3.63) is 24.3 Å². The van der Waals surface area contributed by atoms with Crippen molar-refractivity contribution in [2.24, 2.45) is 11.8 Å². The van der Waals surface area contributed by atoms with Gasteiger partial charge in [-0.05, 0) is 31.1 Å². The van der Waals surface area contributed by atoms with E-state index >= 15 is 0 Å². The molecule has 2 unspecified atom stereocenters. The Morgan fingerprint density at radius 3 is 2.91 bits per heavy atom. The zero-order chi connectivity index (χ0) is 8.27. The van der Waals surface area contributed by atoms with Gasteiger partial charge in [-0.3, -0.25) is 0 Å². The van der Waals surface area contributed by atoms with Gasteiger partial charge in [0, 0.05) is 0 Å². The second-order valence-corrected chi connectivity index (χ2v) is 3.57. The van der Waals surface area contributed by atoms with Crippen LogP contribution in [-0.2, 0) is 0 Å². The predicted molar refractivity (Wildman–Crippen MR) is 50.5 cm³/mol. The molecule has 0 heteroatoms. The van der Waals surface area contributed by atoms with Gasteiger partial charge in [0.2, 0.25) is 0 Å². The maximum atomic E-state index is 4.11. The standard InChI is InChI=1S/C11H18/c1-4-11-8-6-9(2)5-7-10(11)3/h6,8-9,11H,3-5,7H2,1-2H3. The average Bonchev–Trinajstić information content (AvgIpc) is 2.15. The van der Waals surface area contributed by atoms with Gasteiger partial charge in [0.15, 0.2) is 0 Å². The fraction of sp³-hybridized carbons (Fsp3) is 0.636. The fourth-order valence-electron chi connectivity index (χ4n) is 1.58. The Morgan fingerprint density at radius 1 is 1.55 bits per heavy atom. The molecule has 0 aromatic heterocycles. The highest BCUT2D eigenvalue weighted by molar-refractivity contribution is 5.12. The molecule has 0 fully saturated rings. The van der Waals surface area contributed by atoms with Gasteiger partial charge in [-0.2, -0.15) is 0 Å². The van der Waals surface area contributed by atoms with Crippen LogP contribution < -0.4 is 0 Å². The van der Waals surface area contributed by atoms with E-state index in [4.69, 9.17) is 0 Å². The maximum Gasteiger partial charge on any atom is -0.00285 e. The van der Waals surface area contributed by atoms with Gasteiger partial charge >= 0.3 is 0 Å². The summed E-state index contributed by atoms with van der Waals surface area (Å²) in [6.07, 6.45) is 8.38. The average molecular weight is 150 g/mol. The van der Waals surface area contributed by atoms with E-state index in [-0.39, 0.29) is 0 Å². The Balaban J connectivity index is 2.63. The van der Waals surface area contributed by atoms with Crippen molar-refractivity contribution in [3.63, 3.8) is 0 Å². The Hall–Kier alpha value is -0.520. The summed E-state index contributed by atoms with van der Waals surface area (Å²) >= 11 is 0. The van der Waals surface area contributed by atoms with Gasteiger partial charge in [-0.15, -0.1) is 0 Å². The number of rotatable bonds is 1. The van der Waals surface area contributed by atoms with Crippen LogP contribution in [0.3, 0.4) is 0 Å². The molecule has 62 valence electrons. The molecule has 0 aromatic rings. The van der Waals surface area contributed by atoms with Crippen LogP contribution in [0.15, 0.2) is 24.3 Å². The number of hydrogen-bond acceptors (Lipinski definition) is 0. The molecule has 0 spiro atoms. The van der Waals surface area contributed by atoms with Gasteiger partial charge in [0.25, 0.3) is 0 Å². The summed E-state index contributed by atoms with van der Waals surface area (Å²) in [5.41, 5.74) is 1.42. The maximum absolute atomic E-state index is 4.11. The third kappa shape index (κ3) is 2.21. The third-order valence-corrected chi connectivity index (χ3v) is 2.56. The first-order valence-electron chi connectivity index (χ1n) is 4.60. The van der Waals surface area contributed by atoms with E-state index in [1.54, 1.807) is 0 Å². The predicted octanol–water partition coefficient (Wildman–Crippen LogP) is 3.55. The summed E-state index contributed by atoms with van der Waals surface area (Å²) in [4.78, 5) is 0. The molecule has 0 N–H and O–H groups in total. The van der Waals surface area contributed by atoms with Gasteiger partial charge in [0.05, 0.1) is 0 Å². The summed E-state index contributed by atoms with van der Waals surface area (Å²) in [5.74, 6) is 1.41. The topological polar surface area (TPSA) is 0 Å². The summed E-state index contributed by atoms with van der Waals surface area (Å²) in [6, 6.07) is 0. The van der Waals surface area contributed by atoms with E-state index in [9.17, 15) is 0 Å². The monoisotopic (exact) mass is 150 g/mol. The second kappa shape index (κ2) is 3.75. The summed E-state index contributed by atoms with van der Waals surface area (Å²) in [5, 5.41) is 0. The molecule has 2 atom stereocenters. The zero-order valence-corrected chi connectivity index (χ0v) is 7.64. The minimum absolute atomic E-state index is 0.653. The van der Waals surface area contributed by atoms with Crippen molar-refractivity contribution in [2.45, 2.75) is 33.1 Å². The van der Waals surface area contributed by atoms with Gasteiger partial charge in [-0.1, -0.05) is 38.2 Å². The molecule has 0 saturated heterocycles. The lowest BCUT2D eigenvalue weighted by Crippen LogP contribution is -1.95. The molecule has 1 aliphatic rings. The van der Waals surface area contributed by atoms with Gasteiger partial charge in [-0.25, -0.2) is 0 Å². The molecule has 0 heterocycles. The van der Waals surface area contributed by atoms with Crippen LogP contribution in [0.2, 0.25) is 0 Å². The molecule has 0 nitrogen and oxygen atoms in total. The first-order valence-corrected chi connectivity index (χ1v) is 4.60. The molecule has 1 rings (SSSR count). The second-order valence-electron chi connectivity index (χ2n) is 3.57. The van der Waals surface area contributed by atoms with Crippen LogP contribution in [0.25, 0.3) is 0 Å². The first-order chi connectivity index (χ1) is 5.24. The molecular formula is C11H18. The van der Waals surface area contributed by atoms with Crippen molar-refractivity contribution < 1.29 is 0 Å². The van der Waals surface area contributed by atoms with Crippen LogP contribution in [0, 0.1) is 11.8 Å². The summed E-state index contributed by atoms with van der Waals surface area (Å²) < 4.78 is 0. The summed E-state index contributed by atoms with van der Waals surface area (Å²) in [6.45, 7) is 8.62. The van der Waals surface area contributed by atoms with Gasteiger partial charge in [0.1, 0.15) is 0 Å². The Labute approximate surface area is 70.0 Å². The minimum atomic E-state index is 0.653. The molecule has 0 aliphatic heterocycles. The van der Waals surface area contributed by atoms with E-state index in [0.29, 0.717) is 5.92 Å². The SMILES string of the molecule is C=C1CCC(C)C=CC1CC. The van der Waals surface area contributed by atoms with E-state index in [1.165, 1.54) is 24.8 Å². The van der Waals surface area contributed by atoms with Crippen molar-refractivity contribution in [1.29, 1.82) is 0 Å². The largest absolute Gasteiger partial charge is 0.0993 e. The Morgan fingerprint density at radius 2 is 2.27 bits per heavy atom.